The van der Waals surface area contributed by atoms with Gasteiger partial charge in [-0.05, 0) is 37.5 Å². The number of aliphatic hydroxyl groups is 1. The lowest BCUT2D eigenvalue weighted by atomic mass is 10.1. The summed E-state index contributed by atoms with van der Waals surface area (Å²) in [7, 11) is 0. The zero-order valence-corrected chi connectivity index (χ0v) is 17.1. The first-order valence-electron chi connectivity index (χ1n) is 8.36. The summed E-state index contributed by atoms with van der Waals surface area (Å²) < 4.78 is 0. The Labute approximate surface area is 167 Å². The van der Waals surface area contributed by atoms with Crippen LogP contribution in [0.5, 0.6) is 0 Å². The number of guanidine groups is 1. The van der Waals surface area contributed by atoms with Gasteiger partial charge in [-0.2, -0.15) is 0 Å². The Morgan fingerprint density at radius 1 is 1.16 bits per heavy atom. The largest absolute Gasteiger partial charge is 0.388 e. The fraction of sp³-hybridized carbons (Fsp3) is 0.368. The van der Waals surface area contributed by atoms with Crippen LogP contribution in [0.2, 0.25) is 0 Å². The molecule has 0 spiro atoms. The Hall–Kier alpha value is -1.67. The summed E-state index contributed by atoms with van der Waals surface area (Å²) in [5.41, 5.74) is 3.04. The van der Waals surface area contributed by atoms with Crippen LogP contribution in [0.4, 0.5) is 0 Å². The van der Waals surface area contributed by atoms with E-state index in [1.165, 1.54) is 0 Å². The first-order valence-corrected chi connectivity index (χ1v) is 8.36. The average Bonchev–Trinajstić information content (AvgIpc) is 2.61. The molecular formula is C19H27IN4O. The van der Waals surface area contributed by atoms with Gasteiger partial charge in [-0.3, -0.25) is 4.98 Å². The molecule has 0 radical (unpaired) electrons. The topological polar surface area (TPSA) is 69.5 Å². The number of aryl methyl sites for hydroxylation is 1. The summed E-state index contributed by atoms with van der Waals surface area (Å²) in [4.78, 5) is 8.92. The highest BCUT2D eigenvalue weighted by Crippen LogP contribution is 2.14. The van der Waals surface area contributed by atoms with Crippen molar-refractivity contribution in [1.29, 1.82) is 0 Å². The molecule has 0 aliphatic rings. The van der Waals surface area contributed by atoms with Crippen LogP contribution in [0, 0.1) is 6.92 Å². The number of pyridine rings is 1. The lowest BCUT2D eigenvalue weighted by Crippen LogP contribution is -2.38. The zero-order chi connectivity index (χ0) is 17.2. The molecule has 25 heavy (non-hydrogen) atoms. The van der Waals surface area contributed by atoms with Crippen LogP contribution >= 0.6 is 24.0 Å². The van der Waals surface area contributed by atoms with Gasteiger partial charge in [0.2, 0.25) is 0 Å². The number of aromatic nitrogens is 1. The van der Waals surface area contributed by atoms with Gasteiger partial charge in [-0.25, -0.2) is 4.99 Å². The molecule has 2 rings (SSSR count). The van der Waals surface area contributed by atoms with Gasteiger partial charge in [0.25, 0.3) is 0 Å². The lowest BCUT2D eigenvalue weighted by molar-refractivity contribution is 0.168. The lowest BCUT2D eigenvalue weighted by Gasteiger charge is -2.14. The van der Waals surface area contributed by atoms with Gasteiger partial charge in [-0.1, -0.05) is 36.4 Å². The maximum atomic E-state index is 10.2. The molecule has 5 nitrogen and oxygen atoms in total. The SMILES string of the molecule is CCNC(=NCc1ncccc1C)NCCC(O)c1ccccc1.I. The molecular weight excluding hydrogens is 427 g/mol. The maximum Gasteiger partial charge on any atom is 0.191 e. The third-order valence-corrected chi connectivity index (χ3v) is 3.74. The number of nitrogens with one attached hydrogen (secondary N) is 2. The van der Waals surface area contributed by atoms with E-state index in [0.717, 1.165) is 29.3 Å². The standard InChI is InChI=1S/C19H26N4O.HI/c1-3-20-19(23-14-17-15(2)8-7-12-21-17)22-13-11-18(24)16-9-5-4-6-10-16;/h4-10,12,18,24H,3,11,13-14H2,1-2H3,(H2,20,22,23);1H. The first-order chi connectivity index (χ1) is 11.7. The van der Waals surface area contributed by atoms with Crippen molar-refractivity contribution >= 4 is 29.9 Å². The predicted molar refractivity (Wildman–Crippen MR) is 113 cm³/mol. The number of hydrogen-bond acceptors (Lipinski definition) is 3. The van der Waals surface area contributed by atoms with Crippen molar-refractivity contribution in [2.75, 3.05) is 13.1 Å². The van der Waals surface area contributed by atoms with Crippen molar-refractivity contribution < 1.29 is 5.11 Å². The van der Waals surface area contributed by atoms with Gasteiger partial charge in [0.05, 0.1) is 18.3 Å². The van der Waals surface area contributed by atoms with E-state index in [0.29, 0.717) is 19.5 Å². The van der Waals surface area contributed by atoms with Gasteiger partial charge in [0.15, 0.2) is 5.96 Å². The molecule has 0 aliphatic heterocycles. The van der Waals surface area contributed by atoms with Crippen molar-refractivity contribution in [3.8, 4) is 0 Å². The molecule has 136 valence electrons. The highest BCUT2D eigenvalue weighted by Gasteiger charge is 2.07. The molecule has 1 unspecified atom stereocenters. The predicted octanol–water partition coefficient (Wildman–Crippen LogP) is 3.19. The van der Waals surface area contributed by atoms with E-state index in [9.17, 15) is 5.11 Å². The van der Waals surface area contributed by atoms with Gasteiger partial charge < -0.3 is 15.7 Å². The highest BCUT2D eigenvalue weighted by molar-refractivity contribution is 14.0. The van der Waals surface area contributed by atoms with Gasteiger partial charge in [0.1, 0.15) is 0 Å². The van der Waals surface area contributed by atoms with E-state index >= 15 is 0 Å². The minimum absolute atomic E-state index is 0. The van der Waals surface area contributed by atoms with Gasteiger partial charge in [0, 0.05) is 19.3 Å². The molecule has 0 saturated carbocycles. The quantitative estimate of drug-likeness (QED) is 0.342. The summed E-state index contributed by atoms with van der Waals surface area (Å²) in [5, 5.41) is 16.7. The molecule has 6 heteroatoms. The van der Waals surface area contributed by atoms with Crippen LogP contribution in [0.3, 0.4) is 0 Å². The molecule has 1 atom stereocenters. The number of rotatable bonds is 7. The van der Waals surface area contributed by atoms with Crippen molar-refractivity contribution in [2.24, 2.45) is 4.99 Å². The van der Waals surface area contributed by atoms with Crippen molar-refractivity contribution in [1.82, 2.24) is 15.6 Å². The molecule has 1 heterocycles. The molecule has 0 aliphatic carbocycles. The maximum absolute atomic E-state index is 10.2. The number of hydrogen-bond donors (Lipinski definition) is 3. The Morgan fingerprint density at radius 2 is 1.92 bits per heavy atom. The highest BCUT2D eigenvalue weighted by atomic mass is 127. The number of aliphatic imine (C=N–C) groups is 1. The summed E-state index contributed by atoms with van der Waals surface area (Å²) in [6.07, 6.45) is 1.94. The van der Waals surface area contributed by atoms with E-state index in [-0.39, 0.29) is 24.0 Å². The van der Waals surface area contributed by atoms with Crippen LogP contribution in [-0.2, 0) is 6.54 Å². The monoisotopic (exact) mass is 454 g/mol. The minimum Gasteiger partial charge on any atom is -0.388 e. The van der Waals surface area contributed by atoms with Crippen molar-refractivity contribution in [2.45, 2.75) is 32.9 Å². The third-order valence-electron chi connectivity index (χ3n) is 3.74. The van der Waals surface area contributed by atoms with E-state index in [1.807, 2.05) is 56.3 Å². The molecule has 1 aromatic heterocycles. The zero-order valence-electron chi connectivity index (χ0n) is 14.8. The number of halogens is 1. The Bertz CT molecular complexity index is 649. The van der Waals surface area contributed by atoms with Crippen LogP contribution in [0.15, 0.2) is 53.7 Å². The second kappa shape index (κ2) is 11.8. The minimum atomic E-state index is -0.473. The molecule has 0 amide bonds. The number of benzene rings is 1. The summed E-state index contributed by atoms with van der Waals surface area (Å²) >= 11 is 0. The van der Waals surface area contributed by atoms with Gasteiger partial charge in [-0.15, -0.1) is 24.0 Å². The van der Waals surface area contributed by atoms with E-state index < -0.39 is 6.10 Å². The second-order valence-electron chi connectivity index (χ2n) is 5.60. The Morgan fingerprint density at radius 3 is 2.60 bits per heavy atom. The molecule has 2 aromatic rings. The molecule has 3 N–H and O–H groups in total. The molecule has 0 bridgehead atoms. The number of nitrogens with zero attached hydrogens (tertiary/aromatic N) is 2. The smallest absolute Gasteiger partial charge is 0.191 e. The summed E-state index contributed by atoms with van der Waals surface area (Å²) in [6.45, 7) is 6.02. The van der Waals surface area contributed by atoms with Crippen LogP contribution < -0.4 is 10.6 Å². The van der Waals surface area contributed by atoms with E-state index in [4.69, 9.17) is 0 Å². The second-order valence-corrected chi connectivity index (χ2v) is 5.60. The normalized spacial score (nSPS) is 12.2. The number of aliphatic hydroxyl groups excluding tert-OH is 1. The average molecular weight is 454 g/mol. The van der Waals surface area contributed by atoms with Crippen LogP contribution in [0.1, 0.15) is 36.3 Å². The Balaban J connectivity index is 0.00000312. The van der Waals surface area contributed by atoms with Crippen molar-refractivity contribution in [3.05, 3.63) is 65.5 Å². The fourth-order valence-corrected chi connectivity index (χ4v) is 2.35. The Kier molecular flexibility index (Phi) is 10.1. The fourth-order valence-electron chi connectivity index (χ4n) is 2.35. The third kappa shape index (κ3) is 7.39. The van der Waals surface area contributed by atoms with Gasteiger partial charge >= 0.3 is 0 Å². The molecule has 0 saturated heterocycles. The van der Waals surface area contributed by atoms with E-state index in [1.54, 1.807) is 6.20 Å². The van der Waals surface area contributed by atoms with Crippen molar-refractivity contribution in [3.63, 3.8) is 0 Å². The molecule has 0 fully saturated rings. The summed E-state index contributed by atoms with van der Waals surface area (Å²) in [6, 6.07) is 13.7. The summed E-state index contributed by atoms with van der Waals surface area (Å²) in [5.74, 6) is 0.739. The van der Waals surface area contributed by atoms with Crippen LogP contribution in [0.25, 0.3) is 0 Å². The van der Waals surface area contributed by atoms with E-state index in [2.05, 4.69) is 20.6 Å². The first kappa shape index (κ1) is 21.4. The molecule has 1 aromatic carbocycles. The van der Waals surface area contributed by atoms with Crippen LogP contribution in [-0.4, -0.2) is 29.1 Å².